The molecular weight excluding hydrogens is 328 g/mol. The third-order valence-electron chi connectivity index (χ3n) is 3.21. The Kier molecular flexibility index (Phi) is 6.21. The molecule has 0 aliphatic heterocycles. The molecule has 112 valence electrons. The average Bonchev–Trinajstić information content (AvgIpc) is 2.52. The highest BCUT2D eigenvalue weighted by Gasteiger charge is 2.09. The van der Waals surface area contributed by atoms with Crippen molar-refractivity contribution in [2.24, 2.45) is 0 Å². The van der Waals surface area contributed by atoms with Crippen molar-refractivity contribution in [2.45, 2.75) is 32.9 Å². The van der Waals surface area contributed by atoms with E-state index in [1.165, 1.54) is 0 Å². The quantitative estimate of drug-likeness (QED) is 0.800. The highest BCUT2D eigenvalue weighted by atomic mass is 79.9. The highest BCUT2D eigenvalue weighted by molar-refractivity contribution is 9.10. The topological polar surface area (TPSA) is 34.1 Å². The molecule has 1 aromatic carbocycles. The molecule has 0 saturated heterocycles. The van der Waals surface area contributed by atoms with Crippen LogP contribution in [0.25, 0.3) is 0 Å². The van der Waals surface area contributed by atoms with Gasteiger partial charge in [-0.2, -0.15) is 0 Å². The van der Waals surface area contributed by atoms with Gasteiger partial charge in [0.15, 0.2) is 0 Å². The second-order valence-corrected chi connectivity index (χ2v) is 5.87. The molecule has 21 heavy (non-hydrogen) atoms. The number of nitrogens with one attached hydrogen (secondary N) is 1. The van der Waals surface area contributed by atoms with E-state index in [0.717, 1.165) is 41.1 Å². The monoisotopic (exact) mass is 348 g/mol. The van der Waals surface area contributed by atoms with Crippen LogP contribution in [0.2, 0.25) is 0 Å². The highest BCUT2D eigenvalue weighted by Crippen LogP contribution is 2.24. The fourth-order valence-electron chi connectivity index (χ4n) is 2.04. The van der Waals surface area contributed by atoms with Gasteiger partial charge in [0.1, 0.15) is 5.75 Å². The van der Waals surface area contributed by atoms with Gasteiger partial charge in [0.2, 0.25) is 0 Å². The SMILES string of the molecule is CCCOc1ccc(Br)cc1CN[C@@H](C)c1ccccn1. The van der Waals surface area contributed by atoms with Gasteiger partial charge in [-0.05, 0) is 43.7 Å². The van der Waals surface area contributed by atoms with Crippen molar-refractivity contribution in [1.29, 1.82) is 0 Å². The van der Waals surface area contributed by atoms with Gasteiger partial charge in [-0.25, -0.2) is 0 Å². The van der Waals surface area contributed by atoms with Gasteiger partial charge in [-0.15, -0.1) is 0 Å². The number of ether oxygens (including phenoxy) is 1. The number of aromatic nitrogens is 1. The number of pyridine rings is 1. The van der Waals surface area contributed by atoms with Crippen molar-refractivity contribution in [1.82, 2.24) is 10.3 Å². The van der Waals surface area contributed by atoms with E-state index in [0.29, 0.717) is 0 Å². The van der Waals surface area contributed by atoms with E-state index in [9.17, 15) is 0 Å². The molecule has 1 aromatic heterocycles. The number of nitrogens with zero attached hydrogens (tertiary/aromatic N) is 1. The minimum absolute atomic E-state index is 0.198. The molecule has 1 N–H and O–H groups in total. The van der Waals surface area contributed by atoms with Gasteiger partial charge in [0, 0.05) is 28.8 Å². The van der Waals surface area contributed by atoms with Gasteiger partial charge < -0.3 is 10.1 Å². The van der Waals surface area contributed by atoms with Crippen molar-refractivity contribution in [3.8, 4) is 5.75 Å². The molecule has 0 radical (unpaired) electrons. The van der Waals surface area contributed by atoms with Gasteiger partial charge in [0.25, 0.3) is 0 Å². The van der Waals surface area contributed by atoms with E-state index >= 15 is 0 Å². The summed E-state index contributed by atoms with van der Waals surface area (Å²) >= 11 is 3.52. The summed E-state index contributed by atoms with van der Waals surface area (Å²) in [6.45, 7) is 5.72. The summed E-state index contributed by atoms with van der Waals surface area (Å²) in [6.07, 6.45) is 2.83. The Morgan fingerprint density at radius 1 is 1.29 bits per heavy atom. The fourth-order valence-corrected chi connectivity index (χ4v) is 2.45. The van der Waals surface area contributed by atoms with Crippen LogP contribution in [0, 0.1) is 0 Å². The van der Waals surface area contributed by atoms with Crippen molar-refractivity contribution in [3.63, 3.8) is 0 Å². The van der Waals surface area contributed by atoms with Crippen molar-refractivity contribution in [3.05, 3.63) is 58.3 Å². The molecule has 0 aliphatic carbocycles. The Labute approximate surface area is 134 Å². The molecule has 0 fully saturated rings. The van der Waals surface area contributed by atoms with Gasteiger partial charge in [-0.3, -0.25) is 4.98 Å². The van der Waals surface area contributed by atoms with E-state index in [1.54, 1.807) is 0 Å². The van der Waals surface area contributed by atoms with E-state index in [1.807, 2.05) is 36.5 Å². The van der Waals surface area contributed by atoms with Crippen LogP contribution >= 0.6 is 15.9 Å². The summed E-state index contributed by atoms with van der Waals surface area (Å²) in [7, 11) is 0. The Bertz CT molecular complexity index is 560. The lowest BCUT2D eigenvalue weighted by Gasteiger charge is -2.16. The zero-order valence-corrected chi connectivity index (χ0v) is 14.1. The molecule has 0 spiro atoms. The lowest BCUT2D eigenvalue weighted by Crippen LogP contribution is -2.19. The minimum atomic E-state index is 0.198. The predicted molar refractivity (Wildman–Crippen MR) is 89.4 cm³/mol. The molecule has 0 amide bonds. The standard InChI is InChI=1S/C17H21BrN2O/c1-3-10-21-17-8-7-15(18)11-14(17)12-20-13(2)16-6-4-5-9-19-16/h4-9,11,13,20H,3,10,12H2,1-2H3/t13-/m0/s1. The first-order valence-electron chi connectivity index (χ1n) is 7.26. The normalized spacial score (nSPS) is 12.1. The predicted octanol–water partition coefficient (Wildman–Crippen LogP) is 4.48. The van der Waals surface area contributed by atoms with Crippen LogP contribution in [0.3, 0.4) is 0 Å². The zero-order valence-electron chi connectivity index (χ0n) is 12.5. The summed E-state index contributed by atoms with van der Waals surface area (Å²) in [4.78, 5) is 4.38. The average molecular weight is 349 g/mol. The zero-order chi connectivity index (χ0) is 15.1. The molecule has 0 unspecified atom stereocenters. The smallest absolute Gasteiger partial charge is 0.123 e. The van der Waals surface area contributed by atoms with Crippen molar-refractivity contribution < 1.29 is 4.74 Å². The maximum Gasteiger partial charge on any atom is 0.123 e. The second-order valence-electron chi connectivity index (χ2n) is 4.96. The molecule has 3 nitrogen and oxygen atoms in total. The van der Waals surface area contributed by atoms with Gasteiger partial charge in [0.05, 0.1) is 12.3 Å². The third kappa shape index (κ3) is 4.83. The Morgan fingerprint density at radius 2 is 2.14 bits per heavy atom. The number of hydrogen-bond donors (Lipinski definition) is 1. The number of hydrogen-bond acceptors (Lipinski definition) is 3. The molecule has 4 heteroatoms. The maximum absolute atomic E-state index is 5.80. The first-order valence-corrected chi connectivity index (χ1v) is 8.05. The molecule has 1 atom stereocenters. The number of rotatable bonds is 7. The minimum Gasteiger partial charge on any atom is -0.493 e. The molecule has 0 aliphatic rings. The molecule has 2 aromatic rings. The van der Waals surface area contributed by atoms with Gasteiger partial charge in [-0.1, -0.05) is 28.9 Å². The van der Waals surface area contributed by atoms with Crippen molar-refractivity contribution >= 4 is 15.9 Å². The van der Waals surface area contributed by atoms with Crippen molar-refractivity contribution in [2.75, 3.05) is 6.61 Å². The summed E-state index contributed by atoms with van der Waals surface area (Å²) in [5.74, 6) is 0.945. The van der Waals surface area contributed by atoms with Crippen LogP contribution in [-0.4, -0.2) is 11.6 Å². The first-order chi connectivity index (χ1) is 10.2. The molecule has 0 bridgehead atoms. The Morgan fingerprint density at radius 3 is 2.86 bits per heavy atom. The van der Waals surface area contributed by atoms with Crippen LogP contribution in [0.4, 0.5) is 0 Å². The van der Waals surface area contributed by atoms with Crippen LogP contribution in [0.15, 0.2) is 47.1 Å². The van der Waals surface area contributed by atoms with Crippen LogP contribution in [0.5, 0.6) is 5.75 Å². The summed E-state index contributed by atoms with van der Waals surface area (Å²) in [5.41, 5.74) is 2.20. The third-order valence-corrected chi connectivity index (χ3v) is 3.71. The Hall–Kier alpha value is -1.39. The van der Waals surface area contributed by atoms with Crippen LogP contribution < -0.4 is 10.1 Å². The number of benzene rings is 1. The number of halogens is 1. The largest absolute Gasteiger partial charge is 0.493 e. The van der Waals surface area contributed by atoms with E-state index < -0.39 is 0 Å². The lowest BCUT2D eigenvalue weighted by molar-refractivity contribution is 0.312. The maximum atomic E-state index is 5.80. The lowest BCUT2D eigenvalue weighted by atomic mass is 10.1. The van der Waals surface area contributed by atoms with E-state index in [4.69, 9.17) is 4.74 Å². The van der Waals surface area contributed by atoms with E-state index in [2.05, 4.69) is 46.1 Å². The fraction of sp³-hybridized carbons (Fsp3) is 0.353. The van der Waals surface area contributed by atoms with Crippen LogP contribution in [-0.2, 0) is 6.54 Å². The molecule has 1 heterocycles. The van der Waals surface area contributed by atoms with E-state index in [-0.39, 0.29) is 6.04 Å². The second kappa shape index (κ2) is 8.15. The Balaban J connectivity index is 2.03. The summed E-state index contributed by atoms with van der Waals surface area (Å²) in [5, 5.41) is 3.50. The summed E-state index contributed by atoms with van der Waals surface area (Å²) in [6, 6.07) is 12.3. The van der Waals surface area contributed by atoms with Gasteiger partial charge >= 0.3 is 0 Å². The molecule has 2 rings (SSSR count). The molecule has 0 saturated carbocycles. The van der Waals surface area contributed by atoms with Crippen LogP contribution in [0.1, 0.15) is 37.6 Å². The molecular formula is C17H21BrN2O. The summed E-state index contributed by atoms with van der Waals surface area (Å²) < 4.78 is 6.87. The first kappa shape index (κ1) is 16.0.